The fraction of sp³-hybridized carbons (Fsp3) is 0.846. The van der Waals surface area contributed by atoms with Crippen LogP contribution in [-0.2, 0) is 0 Å². The van der Waals surface area contributed by atoms with E-state index < -0.39 is 0 Å². The summed E-state index contributed by atoms with van der Waals surface area (Å²) in [5.74, 6) is 0. The summed E-state index contributed by atoms with van der Waals surface area (Å²) >= 11 is 0. The number of nitrogens with one attached hydrogen (secondary N) is 1. The van der Waals surface area contributed by atoms with Gasteiger partial charge in [0, 0.05) is 18.6 Å². The van der Waals surface area contributed by atoms with Gasteiger partial charge in [-0.3, -0.25) is 0 Å². The summed E-state index contributed by atoms with van der Waals surface area (Å²) in [5, 5.41) is 3.56. The second-order valence-electron chi connectivity index (χ2n) is 4.52. The van der Waals surface area contributed by atoms with Crippen molar-refractivity contribution in [2.45, 2.75) is 52.1 Å². The van der Waals surface area contributed by atoms with E-state index in [4.69, 9.17) is 0 Å². The van der Waals surface area contributed by atoms with Crippen LogP contribution in [-0.4, -0.2) is 36.6 Å². The van der Waals surface area contributed by atoms with E-state index in [0.717, 1.165) is 18.6 Å². The van der Waals surface area contributed by atoms with E-state index in [1.165, 1.54) is 32.4 Å². The molecular formula is C13H26N2. The summed E-state index contributed by atoms with van der Waals surface area (Å²) < 4.78 is 0. The first-order valence-corrected chi connectivity index (χ1v) is 6.36. The second-order valence-corrected chi connectivity index (χ2v) is 4.52. The predicted molar refractivity (Wildman–Crippen MR) is 67.2 cm³/mol. The van der Waals surface area contributed by atoms with Crippen LogP contribution in [0.25, 0.3) is 0 Å². The third kappa shape index (κ3) is 4.35. The maximum absolute atomic E-state index is 3.56. The molecule has 2 heteroatoms. The molecule has 88 valence electrons. The molecular weight excluding hydrogens is 184 g/mol. The summed E-state index contributed by atoms with van der Waals surface area (Å²) in [4.78, 5) is 2.62. The highest BCUT2D eigenvalue weighted by molar-refractivity contribution is 4.85. The van der Waals surface area contributed by atoms with Gasteiger partial charge in [0.15, 0.2) is 0 Å². The molecule has 1 aliphatic rings. The summed E-state index contributed by atoms with van der Waals surface area (Å²) in [6, 6.07) is 1.50. The first-order chi connectivity index (χ1) is 7.27. The fourth-order valence-electron chi connectivity index (χ4n) is 2.43. The quantitative estimate of drug-likeness (QED) is 0.701. The third-order valence-corrected chi connectivity index (χ3v) is 3.33. The van der Waals surface area contributed by atoms with Crippen LogP contribution < -0.4 is 5.32 Å². The summed E-state index contributed by atoms with van der Waals surface area (Å²) in [6.45, 7) is 10.2. The average Bonchev–Trinajstić information content (AvgIpc) is 2.22. The summed E-state index contributed by atoms with van der Waals surface area (Å²) in [6.07, 6.45) is 8.24. The molecule has 15 heavy (non-hydrogen) atoms. The Hall–Kier alpha value is -0.340. The normalized spacial score (nSPS) is 28.7. The topological polar surface area (TPSA) is 15.3 Å². The van der Waals surface area contributed by atoms with Gasteiger partial charge in [-0.25, -0.2) is 0 Å². The molecule has 0 saturated carbocycles. The molecule has 0 amide bonds. The molecule has 2 nitrogen and oxygen atoms in total. The van der Waals surface area contributed by atoms with Crippen LogP contribution in [0.5, 0.6) is 0 Å². The van der Waals surface area contributed by atoms with Crippen LogP contribution in [0.2, 0.25) is 0 Å². The Labute approximate surface area is 94.7 Å². The largest absolute Gasteiger partial charge is 0.314 e. The van der Waals surface area contributed by atoms with Gasteiger partial charge in [0.2, 0.25) is 0 Å². The van der Waals surface area contributed by atoms with E-state index in [1.54, 1.807) is 0 Å². The highest BCUT2D eigenvalue weighted by atomic mass is 15.2. The van der Waals surface area contributed by atoms with Crippen molar-refractivity contribution < 1.29 is 0 Å². The van der Waals surface area contributed by atoms with Gasteiger partial charge in [-0.1, -0.05) is 19.1 Å². The Morgan fingerprint density at radius 3 is 2.87 bits per heavy atom. The SMILES string of the molecule is C/C=C/CCN1CCC(NCC)CC1C. The molecule has 1 N–H and O–H groups in total. The zero-order valence-electron chi connectivity index (χ0n) is 10.5. The van der Waals surface area contributed by atoms with Crippen LogP contribution in [0.15, 0.2) is 12.2 Å². The van der Waals surface area contributed by atoms with Crippen molar-refractivity contribution in [2.75, 3.05) is 19.6 Å². The van der Waals surface area contributed by atoms with Crippen molar-refractivity contribution in [3.63, 3.8) is 0 Å². The molecule has 0 aliphatic carbocycles. The van der Waals surface area contributed by atoms with Crippen LogP contribution in [0.4, 0.5) is 0 Å². The van der Waals surface area contributed by atoms with Gasteiger partial charge in [0.1, 0.15) is 0 Å². The Balaban J connectivity index is 2.25. The minimum absolute atomic E-state index is 0.744. The number of rotatable bonds is 5. The maximum atomic E-state index is 3.56. The smallest absolute Gasteiger partial charge is 0.00939 e. The lowest BCUT2D eigenvalue weighted by atomic mass is 9.98. The van der Waals surface area contributed by atoms with Crippen LogP contribution in [0, 0.1) is 0 Å². The first kappa shape index (κ1) is 12.7. The zero-order chi connectivity index (χ0) is 11.1. The molecule has 1 heterocycles. The first-order valence-electron chi connectivity index (χ1n) is 6.36. The van der Waals surface area contributed by atoms with Crippen molar-refractivity contribution in [3.05, 3.63) is 12.2 Å². The van der Waals surface area contributed by atoms with Crippen LogP contribution in [0.1, 0.15) is 40.0 Å². The highest BCUT2D eigenvalue weighted by Gasteiger charge is 2.23. The number of likely N-dealkylation sites (tertiary alicyclic amines) is 1. The van der Waals surface area contributed by atoms with Gasteiger partial charge < -0.3 is 10.2 Å². The van der Waals surface area contributed by atoms with Crippen molar-refractivity contribution in [1.29, 1.82) is 0 Å². The predicted octanol–water partition coefficient (Wildman–Crippen LogP) is 2.42. The van der Waals surface area contributed by atoms with Crippen LogP contribution >= 0.6 is 0 Å². The minimum atomic E-state index is 0.744. The molecule has 1 rings (SSSR count). The van der Waals surface area contributed by atoms with Crippen molar-refractivity contribution in [1.82, 2.24) is 10.2 Å². The molecule has 1 aliphatic heterocycles. The lowest BCUT2D eigenvalue weighted by Gasteiger charge is -2.37. The van der Waals surface area contributed by atoms with Gasteiger partial charge in [-0.2, -0.15) is 0 Å². The number of nitrogens with zero attached hydrogens (tertiary/aromatic N) is 1. The summed E-state index contributed by atoms with van der Waals surface area (Å²) in [7, 11) is 0. The van der Waals surface area contributed by atoms with Crippen molar-refractivity contribution in [3.8, 4) is 0 Å². The van der Waals surface area contributed by atoms with Crippen molar-refractivity contribution in [2.24, 2.45) is 0 Å². The Morgan fingerprint density at radius 1 is 1.47 bits per heavy atom. The third-order valence-electron chi connectivity index (χ3n) is 3.33. The number of allylic oxidation sites excluding steroid dienone is 1. The van der Waals surface area contributed by atoms with Crippen LogP contribution in [0.3, 0.4) is 0 Å². The highest BCUT2D eigenvalue weighted by Crippen LogP contribution is 2.17. The maximum Gasteiger partial charge on any atom is 0.00939 e. The summed E-state index contributed by atoms with van der Waals surface area (Å²) in [5.41, 5.74) is 0. The average molecular weight is 210 g/mol. The Morgan fingerprint density at radius 2 is 2.27 bits per heavy atom. The van der Waals surface area contributed by atoms with E-state index in [9.17, 15) is 0 Å². The molecule has 0 bridgehead atoms. The number of piperidine rings is 1. The van der Waals surface area contributed by atoms with Gasteiger partial charge in [0.05, 0.1) is 0 Å². The van der Waals surface area contributed by atoms with Crippen molar-refractivity contribution >= 4 is 0 Å². The lowest BCUT2D eigenvalue weighted by molar-refractivity contribution is 0.139. The standard InChI is InChI=1S/C13H26N2/c1-4-6-7-9-15-10-8-13(14-5-2)11-12(15)3/h4,6,12-14H,5,7-11H2,1-3H3/b6-4+. The fourth-order valence-corrected chi connectivity index (χ4v) is 2.43. The van der Waals surface area contributed by atoms with Gasteiger partial charge in [0.25, 0.3) is 0 Å². The number of hydrogen-bond acceptors (Lipinski definition) is 2. The van der Waals surface area contributed by atoms with Gasteiger partial charge in [-0.15, -0.1) is 0 Å². The molecule has 1 saturated heterocycles. The molecule has 0 spiro atoms. The molecule has 0 aromatic carbocycles. The molecule has 0 aromatic rings. The lowest BCUT2D eigenvalue weighted by Crippen LogP contribution is -2.47. The van der Waals surface area contributed by atoms with E-state index in [1.807, 2.05) is 0 Å². The van der Waals surface area contributed by atoms with E-state index in [-0.39, 0.29) is 0 Å². The van der Waals surface area contributed by atoms with Gasteiger partial charge in [-0.05, 0) is 46.2 Å². The van der Waals surface area contributed by atoms with E-state index >= 15 is 0 Å². The minimum Gasteiger partial charge on any atom is -0.314 e. The molecule has 2 unspecified atom stereocenters. The molecule has 1 fully saturated rings. The number of hydrogen-bond donors (Lipinski definition) is 1. The zero-order valence-corrected chi connectivity index (χ0v) is 10.5. The van der Waals surface area contributed by atoms with Gasteiger partial charge >= 0.3 is 0 Å². The molecule has 0 aromatic heterocycles. The Kier molecular flexibility index (Phi) is 5.96. The molecule has 2 atom stereocenters. The Bertz CT molecular complexity index is 189. The monoisotopic (exact) mass is 210 g/mol. The molecule has 0 radical (unpaired) electrons. The second kappa shape index (κ2) is 7.02. The van der Waals surface area contributed by atoms with E-state index in [2.05, 4.69) is 43.1 Å². The van der Waals surface area contributed by atoms with E-state index in [0.29, 0.717) is 0 Å².